The Kier molecular flexibility index (Phi) is 5.35. The molecule has 0 spiro atoms. The van der Waals surface area contributed by atoms with Crippen LogP contribution in [0.15, 0.2) is 28.9 Å². The second-order valence-corrected chi connectivity index (χ2v) is 6.68. The summed E-state index contributed by atoms with van der Waals surface area (Å²) < 4.78 is 5.18. The maximum atomic E-state index is 12.3. The predicted molar refractivity (Wildman–Crippen MR) is 89.6 cm³/mol. The van der Waals surface area contributed by atoms with Crippen molar-refractivity contribution in [1.29, 1.82) is 0 Å². The summed E-state index contributed by atoms with van der Waals surface area (Å²) in [5.41, 5.74) is 1.47. The van der Waals surface area contributed by atoms with Gasteiger partial charge < -0.3 is 14.8 Å². The van der Waals surface area contributed by atoms with Crippen molar-refractivity contribution in [3.63, 3.8) is 0 Å². The van der Waals surface area contributed by atoms with Crippen LogP contribution in [0.3, 0.4) is 0 Å². The molecular weight excluding hydrogens is 306 g/mol. The van der Waals surface area contributed by atoms with Gasteiger partial charge in [-0.3, -0.25) is 9.89 Å². The molecule has 0 bridgehead atoms. The van der Waals surface area contributed by atoms with Crippen molar-refractivity contribution >= 4 is 5.91 Å². The predicted octanol–water partition coefficient (Wildman–Crippen LogP) is 3.29. The van der Waals surface area contributed by atoms with Gasteiger partial charge in [0, 0.05) is 24.1 Å². The summed E-state index contributed by atoms with van der Waals surface area (Å²) in [6.07, 6.45) is 7.29. The molecule has 1 amide bonds. The molecule has 2 aromatic heterocycles. The molecule has 2 unspecified atom stereocenters. The highest BCUT2D eigenvalue weighted by Gasteiger charge is 2.21. The fraction of sp³-hybridized carbons (Fsp3) is 0.556. The number of H-pyrrole nitrogens is 1. The summed E-state index contributed by atoms with van der Waals surface area (Å²) in [5.74, 6) is 0.786. The van der Waals surface area contributed by atoms with Crippen molar-refractivity contribution < 1.29 is 14.3 Å². The average molecular weight is 331 g/mol. The number of hydrogen-bond acceptors (Lipinski definition) is 4. The molecule has 0 saturated heterocycles. The number of aliphatic hydroxyl groups is 1. The fourth-order valence-electron chi connectivity index (χ4n) is 3.36. The number of hydrogen-bond donors (Lipinski definition) is 3. The van der Waals surface area contributed by atoms with E-state index in [1.807, 2.05) is 13.0 Å². The Balaban J connectivity index is 1.53. The number of rotatable bonds is 6. The Morgan fingerprint density at radius 2 is 2.25 bits per heavy atom. The second kappa shape index (κ2) is 7.66. The fourth-order valence-corrected chi connectivity index (χ4v) is 3.36. The number of nitrogens with one attached hydrogen (secondary N) is 2. The lowest BCUT2D eigenvalue weighted by molar-refractivity contribution is 0.0898. The van der Waals surface area contributed by atoms with E-state index in [4.69, 9.17) is 4.42 Å². The van der Waals surface area contributed by atoms with Crippen LogP contribution < -0.4 is 5.32 Å². The number of carbonyl (C=O) groups is 1. The smallest absolute Gasteiger partial charge is 0.271 e. The second-order valence-electron chi connectivity index (χ2n) is 6.68. The number of furan rings is 1. The molecule has 24 heavy (non-hydrogen) atoms. The van der Waals surface area contributed by atoms with Crippen LogP contribution in [0.4, 0.5) is 0 Å². The number of aromatic amines is 1. The largest absolute Gasteiger partial charge is 0.467 e. The van der Waals surface area contributed by atoms with Gasteiger partial charge in [0.1, 0.15) is 17.6 Å². The van der Waals surface area contributed by atoms with Crippen molar-refractivity contribution in [2.75, 3.05) is 0 Å². The first-order chi connectivity index (χ1) is 11.6. The van der Waals surface area contributed by atoms with Gasteiger partial charge in [-0.15, -0.1) is 0 Å². The maximum absolute atomic E-state index is 12.3. The van der Waals surface area contributed by atoms with Gasteiger partial charge in [0.15, 0.2) is 0 Å². The molecule has 0 aliphatic heterocycles. The van der Waals surface area contributed by atoms with E-state index in [9.17, 15) is 9.90 Å². The molecule has 130 valence electrons. The molecule has 6 heteroatoms. The molecule has 1 saturated carbocycles. The molecule has 3 rings (SSSR count). The van der Waals surface area contributed by atoms with E-state index in [-0.39, 0.29) is 11.9 Å². The van der Waals surface area contributed by atoms with E-state index < -0.39 is 6.10 Å². The third kappa shape index (κ3) is 4.06. The number of amides is 1. The monoisotopic (exact) mass is 331 g/mol. The highest BCUT2D eigenvalue weighted by Crippen LogP contribution is 2.31. The Labute approximate surface area is 141 Å². The zero-order chi connectivity index (χ0) is 16.9. The average Bonchev–Trinajstić information content (AvgIpc) is 3.27. The highest BCUT2D eigenvalue weighted by atomic mass is 16.4. The molecule has 2 aromatic rings. The Bertz CT molecular complexity index is 644. The number of aliphatic hydroxyl groups excluding tert-OH is 1. The SMILES string of the molecule is CC(CC(O)c1ccco1)NC(=O)c1cc(C2CCCCC2)[nH]n1. The zero-order valence-electron chi connectivity index (χ0n) is 14.0. The molecule has 1 aliphatic rings. The molecule has 2 heterocycles. The summed E-state index contributed by atoms with van der Waals surface area (Å²) in [4.78, 5) is 12.3. The van der Waals surface area contributed by atoms with Gasteiger partial charge in [0.05, 0.1) is 6.26 Å². The summed E-state index contributed by atoms with van der Waals surface area (Å²) >= 11 is 0. The van der Waals surface area contributed by atoms with Crippen molar-refractivity contribution in [3.05, 3.63) is 41.6 Å². The van der Waals surface area contributed by atoms with Crippen LogP contribution in [-0.2, 0) is 0 Å². The van der Waals surface area contributed by atoms with Crippen LogP contribution >= 0.6 is 0 Å². The molecule has 0 aromatic carbocycles. The lowest BCUT2D eigenvalue weighted by Crippen LogP contribution is -2.34. The topological polar surface area (TPSA) is 91.2 Å². The standard InChI is InChI=1S/C18H25N3O3/c1-12(10-16(22)17-8-5-9-24-17)19-18(23)15-11-14(20-21-15)13-6-3-2-4-7-13/h5,8-9,11-13,16,22H,2-4,6-7,10H2,1H3,(H,19,23)(H,20,21). The van der Waals surface area contributed by atoms with Crippen molar-refractivity contribution in [2.45, 2.75) is 63.5 Å². The van der Waals surface area contributed by atoms with E-state index in [1.54, 1.807) is 12.1 Å². The molecule has 6 nitrogen and oxygen atoms in total. The Morgan fingerprint density at radius 1 is 1.46 bits per heavy atom. The number of carbonyl (C=O) groups excluding carboxylic acids is 1. The number of aromatic nitrogens is 2. The van der Waals surface area contributed by atoms with Crippen LogP contribution in [0.25, 0.3) is 0 Å². The van der Waals surface area contributed by atoms with Crippen molar-refractivity contribution in [2.24, 2.45) is 0 Å². The Morgan fingerprint density at radius 3 is 2.96 bits per heavy atom. The summed E-state index contributed by atoms with van der Waals surface area (Å²) in [6, 6.07) is 5.13. The number of nitrogens with zero attached hydrogens (tertiary/aromatic N) is 1. The van der Waals surface area contributed by atoms with Gasteiger partial charge >= 0.3 is 0 Å². The highest BCUT2D eigenvalue weighted by molar-refractivity contribution is 5.92. The first kappa shape index (κ1) is 16.8. The summed E-state index contributed by atoms with van der Waals surface area (Å²) in [5, 5.41) is 20.1. The molecular formula is C18H25N3O3. The minimum atomic E-state index is -0.729. The first-order valence-electron chi connectivity index (χ1n) is 8.71. The van der Waals surface area contributed by atoms with Crippen molar-refractivity contribution in [1.82, 2.24) is 15.5 Å². The molecule has 0 radical (unpaired) electrons. The van der Waals surface area contributed by atoms with Crippen LogP contribution in [0.5, 0.6) is 0 Å². The third-order valence-electron chi connectivity index (χ3n) is 4.70. The van der Waals surface area contributed by atoms with Gasteiger partial charge in [0.2, 0.25) is 0 Å². The quantitative estimate of drug-likeness (QED) is 0.757. The Hall–Kier alpha value is -2.08. The molecule has 2 atom stereocenters. The zero-order valence-corrected chi connectivity index (χ0v) is 14.0. The molecule has 1 aliphatic carbocycles. The van der Waals surface area contributed by atoms with E-state index in [0.717, 1.165) is 18.5 Å². The summed E-state index contributed by atoms with van der Waals surface area (Å²) in [6.45, 7) is 1.86. The van der Waals surface area contributed by atoms with Crippen LogP contribution in [0, 0.1) is 0 Å². The van der Waals surface area contributed by atoms with E-state index in [1.165, 1.54) is 25.5 Å². The van der Waals surface area contributed by atoms with Crippen LogP contribution in [0.2, 0.25) is 0 Å². The molecule has 3 N–H and O–H groups in total. The van der Waals surface area contributed by atoms with Gasteiger partial charge in [-0.25, -0.2) is 0 Å². The van der Waals surface area contributed by atoms with E-state index in [2.05, 4.69) is 15.5 Å². The van der Waals surface area contributed by atoms with Crippen LogP contribution in [-0.4, -0.2) is 27.3 Å². The maximum Gasteiger partial charge on any atom is 0.271 e. The molecule has 1 fully saturated rings. The lowest BCUT2D eigenvalue weighted by atomic mass is 9.87. The van der Waals surface area contributed by atoms with Gasteiger partial charge in [-0.1, -0.05) is 19.3 Å². The minimum Gasteiger partial charge on any atom is -0.467 e. The van der Waals surface area contributed by atoms with Crippen molar-refractivity contribution in [3.8, 4) is 0 Å². The lowest BCUT2D eigenvalue weighted by Gasteiger charge is -2.19. The third-order valence-corrected chi connectivity index (χ3v) is 4.70. The minimum absolute atomic E-state index is 0.188. The van der Waals surface area contributed by atoms with E-state index in [0.29, 0.717) is 23.8 Å². The summed E-state index contributed by atoms with van der Waals surface area (Å²) in [7, 11) is 0. The van der Waals surface area contributed by atoms with Gasteiger partial charge in [0.25, 0.3) is 5.91 Å². The normalized spacial score (nSPS) is 18.2. The van der Waals surface area contributed by atoms with Gasteiger partial charge in [-0.05, 0) is 38.0 Å². The van der Waals surface area contributed by atoms with Crippen LogP contribution in [0.1, 0.15) is 79.4 Å². The first-order valence-corrected chi connectivity index (χ1v) is 8.71. The van der Waals surface area contributed by atoms with E-state index >= 15 is 0 Å². The van der Waals surface area contributed by atoms with Gasteiger partial charge in [-0.2, -0.15) is 5.10 Å².